The van der Waals surface area contributed by atoms with E-state index in [-0.39, 0.29) is 17.1 Å². The van der Waals surface area contributed by atoms with Crippen molar-refractivity contribution in [1.29, 1.82) is 0 Å². The average Bonchev–Trinajstić information content (AvgIpc) is 3.95. The van der Waals surface area contributed by atoms with Crippen LogP contribution in [0, 0.1) is 47.3 Å². The van der Waals surface area contributed by atoms with Crippen molar-refractivity contribution in [3.05, 3.63) is 46.1 Å². The van der Waals surface area contributed by atoms with E-state index in [1.54, 1.807) is 0 Å². The van der Waals surface area contributed by atoms with Gasteiger partial charge in [0.1, 0.15) is 0 Å². The van der Waals surface area contributed by atoms with E-state index >= 15 is 0 Å². The molecule has 7 saturated carbocycles. The van der Waals surface area contributed by atoms with Gasteiger partial charge in [0, 0.05) is 35.0 Å². The first-order valence-electron chi connectivity index (χ1n) is 24.1. The molecule has 0 saturated heterocycles. The summed E-state index contributed by atoms with van der Waals surface area (Å²) in [5.74, 6) is 14.5. The smallest absolute Gasteiger partial charge is 0.366 e. The van der Waals surface area contributed by atoms with E-state index in [1.807, 2.05) is 0 Å². The SMILES string of the molecule is C1CCC2Cc3c(c4nc5nc(nc6[n-]c(nc7nc(nc3[n-]4)C3CC4CCCCC4CC73)C3CC4CCCCC4CC63)C3CC4CCCCC4CC53)CC2C1.[Cu+2]. The Balaban J connectivity index is 0.00000356. The van der Waals surface area contributed by atoms with Crippen LogP contribution in [0.4, 0.5) is 0 Å². The Morgan fingerprint density at radius 1 is 0.316 bits per heavy atom. The molecule has 57 heavy (non-hydrogen) atoms. The Hall–Kier alpha value is -2.38. The minimum atomic E-state index is 0. The predicted octanol–water partition coefficient (Wildman–Crippen LogP) is 10.2. The largest absolute Gasteiger partial charge is 2.00 e. The fraction of sp³-hybridized carbons (Fsp3) is 0.792. The van der Waals surface area contributed by atoms with E-state index < -0.39 is 0 Å². The van der Waals surface area contributed by atoms with Gasteiger partial charge in [0.05, 0.1) is 23.3 Å². The minimum Gasteiger partial charge on any atom is -0.366 e. The molecule has 305 valence electrons. The van der Waals surface area contributed by atoms with Crippen LogP contribution in [0.5, 0.6) is 0 Å². The monoisotopic (exact) mass is 813 g/mol. The average molecular weight is 815 g/mol. The van der Waals surface area contributed by atoms with E-state index in [9.17, 15) is 0 Å². The number of fused-ring (bicyclic) bond motifs is 24. The number of hydrogen-bond acceptors (Lipinski definition) is 6. The number of hydrogen-bond donors (Lipinski definition) is 0. The first-order valence-corrected chi connectivity index (χ1v) is 24.1. The maximum atomic E-state index is 5.68. The maximum absolute atomic E-state index is 5.68. The Bertz CT molecular complexity index is 1950. The molecule has 14 atom stereocenters. The molecule has 0 aromatic carbocycles. The van der Waals surface area contributed by atoms with Crippen LogP contribution in [0.15, 0.2) is 0 Å². The number of rotatable bonds is 0. The molecule has 9 heteroatoms. The predicted molar refractivity (Wildman–Crippen MR) is 215 cm³/mol. The quantitative estimate of drug-likeness (QED) is 0.242. The van der Waals surface area contributed by atoms with Gasteiger partial charge in [-0.1, -0.05) is 89.9 Å². The molecule has 5 heterocycles. The molecule has 13 rings (SSSR count). The van der Waals surface area contributed by atoms with Gasteiger partial charge in [0.15, 0.2) is 0 Å². The van der Waals surface area contributed by atoms with Crippen molar-refractivity contribution >= 4 is 11.3 Å². The second-order valence-electron chi connectivity index (χ2n) is 21.3. The zero-order valence-corrected chi connectivity index (χ0v) is 34.9. The Labute approximate surface area is 349 Å². The minimum absolute atomic E-state index is 0. The number of aromatic nitrogens is 8. The summed E-state index contributed by atoms with van der Waals surface area (Å²) in [6, 6.07) is 0. The summed E-state index contributed by atoms with van der Waals surface area (Å²) in [5, 5.41) is 0. The third-order valence-corrected chi connectivity index (χ3v) is 18.7. The van der Waals surface area contributed by atoms with E-state index in [2.05, 4.69) is 0 Å². The van der Waals surface area contributed by atoms with Crippen LogP contribution in [-0.2, 0) is 29.9 Å². The second-order valence-corrected chi connectivity index (χ2v) is 21.3. The van der Waals surface area contributed by atoms with E-state index in [1.165, 1.54) is 152 Å². The van der Waals surface area contributed by atoms with Crippen molar-refractivity contribution in [1.82, 2.24) is 39.9 Å². The molecule has 0 amide bonds. The topological polar surface area (TPSA) is 106 Å². The zero-order chi connectivity index (χ0) is 36.5. The van der Waals surface area contributed by atoms with Crippen LogP contribution in [0.25, 0.3) is 11.3 Å². The van der Waals surface area contributed by atoms with E-state index in [0.717, 1.165) is 106 Å². The van der Waals surface area contributed by atoms with Gasteiger partial charge in [0.2, 0.25) is 0 Å². The molecule has 2 aromatic rings. The fourth-order valence-corrected chi connectivity index (χ4v) is 15.8. The summed E-state index contributed by atoms with van der Waals surface area (Å²) >= 11 is 0. The normalized spacial score (nSPS) is 40.9. The van der Waals surface area contributed by atoms with Crippen LogP contribution in [0.2, 0.25) is 0 Å². The molecule has 0 spiro atoms. The van der Waals surface area contributed by atoms with Gasteiger partial charge in [-0.3, -0.25) is 9.97 Å². The van der Waals surface area contributed by atoms with Crippen molar-refractivity contribution in [3.8, 4) is 0 Å². The summed E-state index contributed by atoms with van der Waals surface area (Å²) in [6.07, 6.45) is 31.4. The molecule has 0 N–H and O–H groups in total. The molecule has 8 nitrogen and oxygen atoms in total. The fourth-order valence-electron chi connectivity index (χ4n) is 15.8. The van der Waals surface area contributed by atoms with Crippen LogP contribution in [0.3, 0.4) is 0 Å². The standard InChI is InChI=1S/C48H62N8.Cu/c1-2-10-26-18-34-33(17-25(26)9-1)41-49-42(34)54-44-37-21-29-13-5-6-14-30(29)22-38(37)46(51-44)56-48-40-24-32-16-8-7-15-31(32)23-39(40)47(52-48)55-45-36-20-28-12-4-3-11-27(28)19-35(36)43(50-45)53-41;/h25-38H,1-24H2;/q-2;+2. The molecule has 8 bridgehead atoms. The summed E-state index contributed by atoms with van der Waals surface area (Å²) in [7, 11) is 0. The molecule has 3 aliphatic heterocycles. The Morgan fingerprint density at radius 3 is 0.965 bits per heavy atom. The van der Waals surface area contributed by atoms with Gasteiger partial charge >= 0.3 is 17.1 Å². The van der Waals surface area contributed by atoms with Gasteiger partial charge in [0.25, 0.3) is 0 Å². The van der Waals surface area contributed by atoms with Crippen molar-refractivity contribution in [2.75, 3.05) is 0 Å². The Morgan fingerprint density at radius 2 is 0.614 bits per heavy atom. The first kappa shape index (κ1) is 36.5. The second kappa shape index (κ2) is 14.4. The van der Waals surface area contributed by atoms with Crippen LogP contribution < -0.4 is 9.97 Å². The molecule has 8 aliphatic carbocycles. The van der Waals surface area contributed by atoms with Crippen molar-refractivity contribution in [3.63, 3.8) is 0 Å². The first-order chi connectivity index (χ1) is 27.7. The molecular formula is C48H62CuN8. The molecule has 7 fully saturated rings. The van der Waals surface area contributed by atoms with Gasteiger partial charge < -0.3 is 29.9 Å². The van der Waals surface area contributed by atoms with Gasteiger partial charge in [-0.15, -0.1) is 0 Å². The van der Waals surface area contributed by atoms with Crippen LogP contribution in [-0.4, -0.2) is 29.9 Å². The van der Waals surface area contributed by atoms with Crippen LogP contribution >= 0.6 is 0 Å². The molecule has 14 unspecified atom stereocenters. The molecule has 11 aliphatic rings. The van der Waals surface area contributed by atoms with Crippen LogP contribution in [0.1, 0.15) is 223 Å². The van der Waals surface area contributed by atoms with Crippen molar-refractivity contribution < 1.29 is 17.1 Å². The van der Waals surface area contributed by atoms with Gasteiger partial charge in [-0.2, -0.15) is 0 Å². The summed E-state index contributed by atoms with van der Waals surface area (Å²) < 4.78 is 0. The molecule has 2 aromatic heterocycles. The van der Waals surface area contributed by atoms with E-state index in [4.69, 9.17) is 39.9 Å². The van der Waals surface area contributed by atoms with Gasteiger partial charge in [-0.05, 0) is 146 Å². The Kier molecular flexibility index (Phi) is 9.20. The molecular weight excluding hydrogens is 752 g/mol. The molecule has 1 radical (unpaired) electrons. The maximum Gasteiger partial charge on any atom is 2.00 e. The van der Waals surface area contributed by atoms with Gasteiger partial charge in [-0.25, -0.2) is 0 Å². The third kappa shape index (κ3) is 6.05. The summed E-state index contributed by atoms with van der Waals surface area (Å²) in [5.41, 5.74) is 4.64. The third-order valence-electron chi connectivity index (χ3n) is 18.7. The van der Waals surface area contributed by atoms with E-state index in [0.29, 0.717) is 35.5 Å². The number of nitrogens with zero attached hydrogens (tertiary/aromatic N) is 8. The summed E-state index contributed by atoms with van der Waals surface area (Å²) in [6.45, 7) is 0. The van der Waals surface area contributed by atoms with Crippen molar-refractivity contribution in [2.45, 2.75) is 190 Å². The van der Waals surface area contributed by atoms with Crippen molar-refractivity contribution in [2.24, 2.45) is 47.3 Å². The summed E-state index contributed by atoms with van der Waals surface area (Å²) in [4.78, 5) is 44.8. The zero-order valence-electron chi connectivity index (χ0n) is 33.9.